The standard InChI is InChI=1S/C21H21N5O4.2C2HF3O2/c1-30-21(28)25-18-10-15(20(27)24-16-6-2-12(11-22)3-7-16)8-13-4-5-14(9-17(13)18)19(23)26-29;2*3-2(4,5)1(6)7/h2-10,29H,11,22H2,1H3,(H2,23,26)(H,24,27)(H,25,28);2*(H,6,7). The summed E-state index contributed by atoms with van der Waals surface area (Å²) < 4.78 is 68.1. The number of methoxy groups -OCH3 is 1. The van der Waals surface area contributed by atoms with E-state index in [9.17, 15) is 35.9 Å². The molecule has 0 aromatic heterocycles. The molecule has 0 unspecified atom stereocenters. The fraction of sp³-hybridized carbons (Fsp3) is 0.160. The lowest BCUT2D eigenvalue weighted by Crippen LogP contribution is -2.21. The van der Waals surface area contributed by atoms with Crippen molar-refractivity contribution < 1.29 is 65.7 Å². The molecule has 44 heavy (non-hydrogen) atoms. The smallest absolute Gasteiger partial charge is 0.475 e. The quantitative estimate of drug-likeness (QED) is 0.0698. The molecule has 0 saturated carbocycles. The van der Waals surface area contributed by atoms with E-state index < -0.39 is 30.4 Å². The Balaban J connectivity index is 0.000000574. The first-order chi connectivity index (χ1) is 20.3. The largest absolute Gasteiger partial charge is 0.490 e. The highest BCUT2D eigenvalue weighted by atomic mass is 19.4. The molecule has 0 aliphatic heterocycles. The monoisotopic (exact) mass is 635 g/mol. The molecule has 3 rings (SSSR count). The van der Waals surface area contributed by atoms with Crippen LogP contribution in [-0.4, -0.2) is 64.7 Å². The van der Waals surface area contributed by atoms with Gasteiger partial charge in [-0.05, 0) is 41.3 Å². The van der Waals surface area contributed by atoms with Crippen molar-refractivity contribution in [3.05, 3.63) is 71.3 Å². The molecule has 0 saturated heterocycles. The topological polar surface area (TPSA) is 227 Å². The maximum absolute atomic E-state index is 12.8. The average molecular weight is 635 g/mol. The number of hydrogen-bond donors (Lipinski definition) is 7. The lowest BCUT2D eigenvalue weighted by molar-refractivity contribution is -0.193. The summed E-state index contributed by atoms with van der Waals surface area (Å²) >= 11 is 0. The number of carboxylic acids is 2. The number of alkyl halides is 6. The van der Waals surface area contributed by atoms with Crippen LogP contribution in [0.2, 0.25) is 0 Å². The van der Waals surface area contributed by atoms with Crippen molar-refractivity contribution in [3.63, 3.8) is 0 Å². The number of rotatable bonds is 5. The van der Waals surface area contributed by atoms with Gasteiger partial charge in [0.1, 0.15) is 0 Å². The minimum absolute atomic E-state index is 0.0799. The SMILES string of the molecule is COC(=O)Nc1cc(C(=O)Nc2ccc(CN)cc2)cc2ccc(/C(N)=N/O)cc12.O=C(O)C(F)(F)F.O=C(O)C(F)(F)F. The zero-order valence-corrected chi connectivity index (χ0v) is 22.2. The van der Waals surface area contributed by atoms with Gasteiger partial charge < -0.3 is 36.9 Å². The third kappa shape index (κ3) is 11.4. The lowest BCUT2D eigenvalue weighted by atomic mass is 10.0. The Morgan fingerprint density at radius 1 is 0.841 bits per heavy atom. The number of benzene rings is 3. The van der Waals surface area contributed by atoms with E-state index in [1.807, 2.05) is 12.1 Å². The molecular formula is C25H23F6N5O8. The molecule has 0 atom stereocenters. The number of nitrogens with zero attached hydrogens (tertiary/aromatic N) is 1. The van der Waals surface area contributed by atoms with Gasteiger partial charge in [0.2, 0.25) is 0 Å². The third-order valence-electron chi connectivity index (χ3n) is 4.97. The van der Waals surface area contributed by atoms with Gasteiger partial charge in [0.25, 0.3) is 5.91 Å². The Kier molecular flexibility index (Phi) is 12.9. The Hall–Kier alpha value is -5.59. The number of halogens is 6. The van der Waals surface area contributed by atoms with Gasteiger partial charge in [-0.1, -0.05) is 29.4 Å². The van der Waals surface area contributed by atoms with Crippen LogP contribution in [-0.2, 0) is 20.9 Å². The van der Waals surface area contributed by atoms with Crippen LogP contribution >= 0.6 is 0 Å². The summed E-state index contributed by atoms with van der Waals surface area (Å²) in [5.41, 5.74) is 13.9. The van der Waals surface area contributed by atoms with Crippen molar-refractivity contribution in [3.8, 4) is 0 Å². The highest BCUT2D eigenvalue weighted by Crippen LogP contribution is 2.28. The maximum Gasteiger partial charge on any atom is 0.490 e. The van der Waals surface area contributed by atoms with Gasteiger partial charge in [-0.15, -0.1) is 0 Å². The molecule has 0 spiro atoms. The number of hydrogen-bond acceptors (Lipinski definition) is 8. The molecule has 3 aromatic carbocycles. The second kappa shape index (κ2) is 15.6. The van der Waals surface area contributed by atoms with E-state index in [0.29, 0.717) is 39.8 Å². The molecule has 3 aromatic rings. The van der Waals surface area contributed by atoms with E-state index in [0.717, 1.165) is 5.56 Å². The third-order valence-corrected chi connectivity index (χ3v) is 4.97. The minimum Gasteiger partial charge on any atom is -0.475 e. The number of oxime groups is 1. The van der Waals surface area contributed by atoms with Gasteiger partial charge in [0, 0.05) is 28.7 Å². The van der Waals surface area contributed by atoms with Crippen molar-refractivity contribution >= 4 is 51.9 Å². The molecule has 0 radical (unpaired) electrons. The highest BCUT2D eigenvalue weighted by Gasteiger charge is 2.38. The zero-order valence-electron chi connectivity index (χ0n) is 22.2. The number of aliphatic carboxylic acids is 2. The Morgan fingerprint density at radius 3 is 1.80 bits per heavy atom. The fourth-order valence-corrected chi connectivity index (χ4v) is 2.90. The number of carbonyl (C=O) groups excluding carboxylic acids is 2. The van der Waals surface area contributed by atoms with Crippen molar-refractivity contribution in [2.45, 2.75) is 18.9 Å². The lowest BCUT2D eigenvalue weighted by Gasteiger charge is -2.13. The minimum atomic E-state index is -5.08. The van der Waals surface area contributed by atoms with E-state index in [2.05, 4.69) is 20.5 Å². The molecule has 0 aliphatic carbocycles. The van der Waals surface area contributed by atoms with Gasteiger partial charge >= 0.3 is 30.4 Å². The summed E-state index contributed by atoms with van der Waals surface area (Å²) in [6, 6.07) is 15.4. The predicted octanol–water partition coefficient (Wildman–Crippen LogP) is 4.09. The van der Waals surface area contributed by atoms with Crippen LogP contribution in [0.4, 0.5) is 42.5 Å². The summed E-state index contributed by atoms with van der Waals surface area (Å²) in [4.78, 5) is 42.4. The average Bonchev–Trinajstić information content (AvgIpc) is 2.96. The number of anilines is 2. The molecule has 9 N–H and O–H groups in total. The van der Waals surface area contributed by atoms with Gasteiger partial charge in [-0.25, -0.2) is 14.4 Å². The van der Waals surface area contributed by atoms with E-state index in [-0.39, 0.29) is 11.7 Å². The van der Waals surface area contributed by atoms with E-state index in [1.54, 1.807) is 36.4 Å². The van der Waals surface area contributed by atoms with E-state index >= 15 is 0 Å². The number of nitrogens with two attached hydrogens (primary N) is 2. The zero-order chi connectivity index (χ0) is 33.8. The first-order valence-electron chi connectivity index (χ1n) is 11.4. The van der Waals surface area contributed by atoms with Crippen molar-refractivity contribution in [2.24, 2.45) is 16.6 Å². The number of ether oxygens (including phenoxy) is 1. The van der Waals surface area contributed by atoms with E-state index in [4.69, 9.17) is 36.5 Å². The van der Waals surface area contributed by atoms with Gasteiger partial charge in [-0.3, -0.25) is 10.1 Å². The highest BCUT2D eigenvalue weighted by molar-refractivity contribution is 6.11. The van der Waals surface area contributed by atoms with Crippen LogP contribution in [0.25, 0.3) is 10.8 Å². The molecule has 0 bridgehead atoms. The summed E-state index contributed by atoms with van der Waals surface area (Å²) in [7, 11) is 1.24. The number of fused-ring (bicyclic) bond motifs is 1. The number of amidine groups is 1. The van der Waals surface area contributed by atoms with Crippen LogP contribution in [0.3, 0.4) is 0 Å². The normalized spacial score (nSPS) is 11.2. The second-order valence-corrected chi connectivity index (χ2v) is 8.02. The Bertz CT molecular complexity index is 1500. The summed E-state index contributed by atoms with van der Waals surface area (Å²) in [6.07, 6.45) is -10.9. The molecule has 19 heteroatoms. The maximum atomic E-state index is 12.8. The predicted molar refractivity (Wildman–Crippen MR) is 142 cm³/mol. The molecular weight excluding hydrogens is 612 g/mol. The Labute approximate surface area is 242 Å². The van der Waals surface area contributed by atoms with Crippen LogP contribution in [0.15, 0.2) is 59.8 Å². The summed E-state index contributed by atoms with van der Waals surface area (Å²) in [6.45, 7) is 0.412. The van der Waals surface area contributed by atoms with Crippen molar-refractivity contribution in [2.75, 3.05) is 17.7 Å². The van der Waals surface area contributed by atoms with Gasteiger partial charge in [0.05, 0.1) is 12.8 Å². The molecule has 0 aliphatic rings. The van der Waals surface area contributed by atoms with Crippen molar-refractivity contribution in [1.82, 2.24) is 0 Å². The van der Waals surface area contributed by atoms with Crippen molar-refractivity contribution in [1.29, 1.82) is 0 Å². The first-order valence-corrected chi connectivity index (χ1v) is 11.4. The first kappa shape index (κ1) is 36.4. The van der Waals surface area contributed by atoms with Crippen LogP contribution in [0, 0.1) is 0 Å². The number of carboxylic acid groups (broad SMARTS) is 2. The number of carbonyl (C=O) groups is 4. The number of nitrogens with one attached hydrogen (secondary N) is 2. The van der Waals surface area contributed by atoms with E-state index in [1.165, 1.54) is 13.2 Å². The van der Waals surface area contributed by atoms with Gasteiger partial charge in [0.15, 0.2) is 5.84 Å². The fourth-order valence-electron chi connectivity index (χ4n) is 2.90. The molecule has 238 valence electrons. The number of amides is 2. The Morgan fingerprint density at radius 2 is 1.36 bits per heavy atom. The summed E-state index contributed by atoms with van der Waals surface area (Å²) in [5.74, 6) is -5.95. The van der Waals surface area contributed by atoms with Gasteiger partial charge in [-0.2, -0.15) is 26.3 Å². The molecule has 13 nitrogen and oxygen atoms in total. The molecule has 2 amide bonds. The van der Waals surface area contributed by atoms with Crippen LogP contribution < -0.4 is 22.1 Å². The summed E-state index contributed by atoms with van der Waals surface area (Å²) in [5, 5.41) is 32.8. The molecule has 0 fully saturated rings. The van der Waals surface area contributed by atoms with Crippen LogP contribution in [0.5, 0.6) is 0 Å². The molecule has 0 heterocycles. The second-order valence-electron chi connectivity index (χ2n) is 8.02. The van der Waals surface area contributed by atoms with Crippen LogP contribution in [0.1, 0.15) is 21.5 Å².